The number of rotatable bonds is 10. The molecule has 0 heterocycles. The fourth-order valence-electron chi connectivity index (χ4n) is 1.86. The van der Waals surface area contributed by atoms with Gasteiger partial charge in [-0.25, -0.2) is 0 Å². The summed E-state index contributed by atoms with van der Waals surface area (Å²) < 4.78 is 5.27. The second kappa shape index (κ2) is 10.4. The molecule has 7 nitrogen and oxygen atoms in total. The quantitative estimate of drug-likeness (QED) is 0.567. The summed E-state index contributed by atoms with van der Waals surface area (Å²) >= 11 is 0. The molecule has 2 amide bonds. The number of amides is 2. The minimum atomic E-state index is -1.11. The largest absolute Gasteiger partial charge is 0.480 e. The number of hydrogen-bond acceptors (Lipinski definition) is 4. The van der Waals surface area contributed by atoms with Gasteiger partial charge in [-0.3, -0.25) is 14.4 Å². The van der Waals surface area contributed by atoms with Crippen molar-refractivity contribution in [2.75, 3.05) is 18.5 Å². The van der Waals surface area contributed by atoms with Gasteiger partial charge in [-0.2, -0.15) is 0 Å². The molecule has 0 aliphatic rings. The van der Waals surface area contributed by atoms with E-state index in [1.165, 1.54) is 19.1 Å². The number of carboxylic acid groups (broad SMARTS) is 1. The van der Waals surface area contributed by atoms with Gasteiger partial charge in [-0.15, -0.1) is 0 Å². The number of unbranched alkanes of at least 4 members (excludes halogenated alkanes) is 2. The predicted octanol–water partition coefficient (Wildman–Crippen LogP) is 2.03. The summed E-state index contributed by atoms with van der Waals surface area (Å²) in [5, 5.41) is 13.8. The van der Waals surface area contributed by atoms with E-state index >= 15 is 0 Å². The maximum absolute atomic E-state index is 11.8. The third-order valence-electron chi connectivity index (χ3n) is 3.27. The van der Waals surface area contributed by atoms with Gasteiger partial charge in [0.2, 0.25) is 5.91 Å². The van der Waals surface area contributed by atoms with E-state index in [9.17, 15) is 14.4 Å². The molecule has 24 heavy (non-hydrogen) atoms. The molecular weight excluding hydrogens is 312 g/mol. The maximum Gasteiger partial charge on any atom is 0.325 e. The number of aliphatic carboxylic acids is 1. The van der Waals surface area contributed by atoms with Crippen LogP contribution in [0.2, 0.25) is 0 Å². The molecule has 0 aromatic heterocycles. The Kier molecular flexibility index (Phi) is 8.49. The smallest absolute Gasteiger partial charge is 0.325 e. The summed E-state index contributed by atoms with van der Waals surface area (Å²) in [6, 6.07) is 5.22. The second-order valence-corrected chi connectivity index (χ2v) is 5.42. The Labute approximate surface area is 141 Å². The highest BCUT2D eigenvalue weighted by Gasteiger charge is 2.15. The second-order valence-electron chi connectivity index (χ2n) is 5.42. The molecule has 7 heteroatoms. The Hall–Kier alpha value is -2.41. The number of carbonyl (C=O) groups is 3. The molecule has 0 saturated carbocycles. The fourth-order valence-corrected chi connectivity index (χ4v) is 1.86. The van der Waals surface area contributed by atoms with Crippen LogP contribution in [0.15, 0.2) is 24.3 Å². The van der Waals surface area contributed by atoms with Crippen molar-refractivity contribution in [3.63, 3.8) is 0 Å². The maximum atomic E-state index is 11.8. The van der Waals surface area contributed by atoms with Gasteiger partial charge in [0.1, 0.15) is 12.6 Å². The Bertz CT molecular complexity index is 557. The van der Waals surface area contributed by atoms with Crippen LogP contribution in [0.4, 0.5) is 5.69 Å². The standard InChI is InChI=1S/C17H24N2O5/c1-3-4-5-10-24-11-15(20)19-14-8-6-13(7-9-14)16(21)18-12(2)17(22)23/h6-9,12H,3-5,10-11H2,1-2H3,(H,18,21)(H,19,20)(H,22,23). The van der Waals surface area contributed by atoms with Crippen molar-refractivity contribution in [2.24, 2.45) is 0 Å². The van der Waals surface area contributed by atoms with Crippen LogP contribution < -0.4 is 10.6 Å². The Morgan fingerprint density at radius 1 is 1.17 bits per heavy atom. The molecule has 0 spiro atoms. The van der Waals surface area contributed by atoms with E-state index in [1.54, 1.807) is 12.1 Å². The highest BCUT2D eigenvalue weighted by Crippen LogP contribution is 2.10. The average molecular weight is 336 g/mol. The van der Waals surface area contributed by atoms with Crippen LogP contribution in [0, 0.1) is 0 Å². The Balaban J connectivity index is 2.42. The number of hydrogen-bond donors (Lipinski definition) is 3. The van der Waals surface area contributed by atoms with Gasteiger partial charge < -0.3 is 20.5 Å². The molecule has 0 aliphatic heterocycles. The van der Waals surface area contributed by atoms with Gasteiger partial charge in [0, 0.05) is 17.9 Å². The van der Waals surface area contributed by atoms with Gasteiger partial charge in [-0.1, -0.05) is 19.8 Å². The molecule has 1 rings (SSSR count). The zero-order valence-corrected chi connectivity index (χ0v) is 14.0. The Morgan fingerprint density at radius 2 is 1.83 bits per heavy atom. The lowest BCUT2D eigenvalue weighted by Crippen LogP contribution is -2.38. The van der Waals surface area contributed by atoms with Crippen LogP contribution in [0.25, 0.3) is 0 Å². The molecule has 1 aromatic carbocycles. The minimum Gasteiger partial charge on any atom is -0.480 e. The number of nitrogens with one attached hydrogen (secondary N) is 2. The monoisotopic (exact) mass is 336 g/mol. The summed E-state index contributed by atoms with van der Waals surface area (Å²) in [5.74, 6) is -1.85. The first kappa shape index (κ1) is 19.6. The summed E-state index contributed by atoms with van der Waals surface area (Å²) in [5.41, 5.74) is 0.858. The lowest BCUT2D eigenvalue weighted by atomic mass is 10.2. The molecule has 132 valence electrons. The van der Waals surface area contributed by atoms with Crippen LogP contribution in [-0.2, 0) is 14.3 Å². The normalized spacial score (nSPS) is 11.6. The van der Waals surface area contributed by atoms with Crippen molar-refractivity contribution in [2.45, 2.75) is 39.2 Å². The van der Waals surface area contributed by atoms with Gasteiger partial charge in [0.05, 0.1) is 0 Å². The van der Waals surface area contributed by atoms with E-state index in [2.05, 4.69) is 17.6 Å². The molecule has 0 saturated heterocycles. The number of benzene rings is 1. The SMILES string of the molecule is CCCCCOCC(=O)Nc1ccc(C(=O)NC(C)C(=O)O)cc1. The molecule has 1 atom stereocenters. The van der Waals surface area contributed by atoms with Crippen LogP contribution in [0.5, 0.6) is 0 Å². The summed E-state index contributed by atoms with van der Waals surface area (Å²) in [4.78, 5) is 34.3. The first-order valence-corrected chi connectivity index (χ1v) is 7.95. The number of anilines is 1. The molecule has 0 bridgehead atoms. The van der Waals surface area contributed by atoms with E-state index in [1.807, 2.05) is 0 Å². The third kappa shape index (κ3) is 7.23. The van der Waals surface area contributed by atoms with Crippen LogP contribution in [0.1, 0.15) is 43.5 Å². The van der Waals surface area contributed by atoms with Crippen molar-refractivity contribution in [1.29, 1.82) is 0 Å². The highest BCUT2D eigenvalue weighted by atomic mass is 16.5. The van der Waals surface area contributed by atoms with Crippen molar-refractivity contribution >= 4 is 23.5 Å². The molecule has 0 aliphatic carbocycles. The topological polar surface area (TPSA) is 105 Å². The zero-order chi connectivity index (χ0) is 17.9. The van der Waals surface area contributed by atoms with Crippen LogP contribution in [-0.4, -0.2) is 42.1 Å². The van der Waals surface area contributed by atoms with E-state index in [-0.39, 0.29) is 12.5 Å². The van der Waals surface area contributed by atoms with Gasteiger partial charge >= 0.3 is 5.97 Å². The lowest BCUT2D eigenvalue weighted by molar-refractivity contribution is -0.138. The summed E-state index contributed by atoms with van der Waals surface area (Å²) in [6.07, 6.45) is 3.11. The van der Waals surface area contributed by atoms with Gasteiger partial charge in [0.15, 0.2) is 0 Å². The van der Waals surface area contributed by atoms with Crippen LogP contribution in [0.3, 0.4) is 0 Å². The molecule has 0 fully saturated rings. The lowest BCUT2D eigenvalue weighted by Gasteiger charge is -2.10. The number of carboxylic acids is 1. The van der Waals surface area contributed by atoms with Gasteiger partial charge in [-0.05, 0) is 37.6 Å². The summed E-state index contributed by atoms with van der Waals surface area (Å²) in [6.45, 7) is 4.03. The first-order valence-electron chi connectivity index (χ1n) is 7.95. The molecule has 1 unspecified atom stereocenters. The zero-order valence-electron chi connectivity index (χ0n) is 14.0. The van der Waals surface area contributed by atoms with Crippen molar-refractivity contribution in [3.8, 4) is 0 Å². The van der Waals surface area contributed by atoms with E-state index in [0.717, 1.165) is 19.3 Å². The highest BCUT2D eigenvalue weighted by molar-refractivity contribution is 5.97. The van der Waals surface area contributed by atoms with E-state index < -0.39 is 17.9 Å². The van der Waals surface area contributed by atoms with Crippen LogP contribution >= 0.6 is 0 Å². The molecule has 3 N–H and O–H groups in total. The van der Waals surface area contributed by atoms with E-state index in [4.69, 9.17) is 9.84 Å². The summed E-state index contributed by atoms with van der Waals surface area (Å²) in [7, 11) is 0. The minimum absolute atomic E-state index is 0.0118. The third-order valence-corrected chi connectivity index (χ3v) is 3.27. The number of carbonyl (C=O) groups excluding carboxylic acids is 2. The van der Waals surface area contributed by atoms with E-state index in [0.29, 0.717) is 17.9 Å². The average Bonchev–Trinajstić information content (AvgIpc) is 2.55. The number of ether oxygens (including phenoxy) is 1. The van der Waals surface area contributed by atoms with Crippen molar-refractivity contribution < 1.29 is 24.2 Å². The molecular formula is C17H24N2O5. The first-order chi connectivity index (χ1) is 11.4. The Morgan fingerprint density at radius 3 is 2.42 bits per heavy atom. The van der Waals surface area contributed by atoms with Crippen molar-refractivity contribution in [3.05, 3.63) is 29.8 Å². The predicted molar refractivity (Wildman–Crippen MR) is 90.0 cm³/mol. The van der Waals surface area contributed by atoms with Crippen molar-refractivity contribution in [1.82, 2.24) is 5.32 Å². The molecule has 0 radical (unpaired) electrons. The van der Waals surface area contributed by atoms with Gasteiger partial charge in [0.25, 0.3) is 5.91 Å². The molecule has 1 aromatic rings. The fraction of sp³-hybridized carbons (Fsp3) is 0.471.